The molecule has 0 amide bonds. The lowest BCUT2D eigenvalue weighted by Crippen LogP contribution is -2.36. The highest BCUT2D eigenvalue weighted by Crippen LogP contribution is 2.06. The third kappa shape index (κ3) is 4.12. The van der Waals surface area contributed by atoms with E-state index in [1.807, 2.05) is 0 Å². The second kappa shape index (κ2) is 7.14. The Hall–Kier alpha value is -1.20. The molecule has 0 aliphatic carbocycles. The Morgan fingerprint density at radius 3 is 2.56 bits per heavy atom. The summed E-state index contributed by atoms with van der Waals surface area (Å²) < 4.78 is 4.61. The number of halogens is 1. The zero-order chi connectivity index (χ0) is 11.3. The van der Waals surface area contributed by atoms with Crippen LogP contribution in [0, 0.1) is 5.92 Å². The molecule has 0 fully saturated rings. The number of rotatable bonds is 4. The summed E-state index contributed by atoms with van der Waals surface area (Å²) in [5.74, 6) is -0.0157. The first-order valence-electron chi connectivity index (χ1n) is 4.74. The smallest absolute Gasteiger partial charge is 0.309 e. The van der Waals surface area contributed by atoms with Crippen molar-refractivity contribution in [1.29, 1.82) is 0 Å². The molecule has 2 unspecified atom stereocenters. The fourth-order valence-corrected chi connectivity index (χ4v) is 1.18. The normalized spacial score (nSPS) is 13.4. The number of esters is 1. The first-order chi connectivity index (χ1) is 7.15. The van der Waals surface area contributed by atoms with E-state index in [2.05, 4.69) is 14.7 Å². The summed E-state index contributed by atoms with van der Waals surface area (Å²) in [7, 11) is 1.35. The van der Waals surface area contributed by atoms with Crippen molar-refractivity contribution in [3.05, 3.63) is 24.3 Å². The Labute approximate surface area is 101 Å². The summed E-state index contributed by atoms with van der Waals surface area (Å²) in [4.78, 5) is 19.3. The minimum Gasteiger partial charge on any atom is -0.469 e. The minimum atomic E-state index is -0.348. The second-order valence-electron chi connectivity index (χ2n) is 3.34. The second-order valence-corrected chi connectivity index (χ2v) is 3.34. The van der Waals surface area contributed by atoms with E-state index < -0.39 is 0 Å². The van der Waals surface area contributed by atoms with Crippen LogP contribution < -0.4 is 5.73 Å². The van der Waals surface area contributed by atoms with Gasteiger partial charge in [0.1, 0.15) is 5.82 Å². The number of nitrogens with two attached hydrogens (primary N) is 1. The molecule has 2 atom stereocenters. The standard InChI is InChI=1S/C10H15N3O2.ClH/c1-7(10(14)15-2)8(11)6-9-12-4-3-5-13-9;/h3-5,7-8H,6,11H2,1-2H3;1H. The van der Waals surface area contributed by atoms with Crippen LogP contribution in [0.3, 0.4) is 0 Å². The van der Waals surface area contributed by atoms with Crippen molar-refractivity contribution < 1.29 is 9.53 Å². The molecule has 0 radical (unpaired) electrons. The van der Waals surface area contributed by atoms with Crippen molar-refractivity contribution in [3.8, 4) is 0 Å². The maximum atomic E-state index is 11.2. The molecule has 1 heterocycles. The van der Waals surface area contributed by atoms with Crippen LogP contribution >= 0.6 is 12.4 Å². The molecule has 0 spiro atoms. The first kappa shape index (κ1) is 14.8. The van der Waals surface area contributed by atoms with Gasteiger partial charge in [0, 0.05) is 24.9 Å². The van der Waals surface area contributed by atoms with Gasteiger partial charge in [-0.15, -0.1) is 12.4 Å². The highest BCUT2D eigenvalue weighted by molar-refractivity contribution is 5.85. The summed E-state index contributed by atoms with van der Waals surface area (Å²) in [5, 5.41) is 0. The van der Waals surface area contributed by atoms with E-state index in [9.17, 15) is 4.79 Å². The molecule has 0 saturated heterocycles. The lowest BCUT2D eigenvalue weighted by Gasteiger charge is -2.16. The quantitative estimate of drug-likeness (QED) is 0.785. The molecule has 16 heavy (non-hydrogen) atoms. The van der Waals surface area contributed by atoms with Gasteiger partial charge in [-0.25, -0.2) is 9.97 Å². The van der Waals surface area contributed by atoms with Gasteiger partial charge in [-0.05, 0) is 6.07 Å². The number of ether oxygens (including phenoxy) is 1. The maximum Gasteiger partial charge on any atom is 0.309 e. The largest absolute Gasteiger partial charge is 0.469 e. The van der Waals surface area contributed by atoms with Crippen molar-refractivity contribution in [2.75, 3.05) is 7.11 Å². The third-order valence-corrected chi connectivity index (χ3v) is 2.25. The van der Waals surface area contributed by atoms with E-state index in [4.69, 9.17) is 5.73 Å². The Kier molecular flexibility index (Phi) is 6.60. The average molecular weight is 246 g/mol. The van der Waals surface area contributed by atoms with Crippen LogP contribution in [0.1, 0.15) is 12.7 Å². The lowest BCUT2D eigenvalue weighted by atomic mass is 10.00. The Morgan fingerprint density at radius 1 is 1.50 bits per heavy atom. The lowest BCUT2D eigenvalue weighted by molar-refractivity contribution is -0.145. The minimum absolute atomic E-state index is 0. The average Bonchev–Trinajstić information content (AvgIpc) is 2.28. The fourth-order valence-electron chi connectivity index (χ4n) is 1.18. The van der Waals surface area contributed by atoms with Crippen LogP contribution in [-0.4, -0.2) is 29.1 Å². The Bertz CT molecular complexity index is 321. The topological polar surface area (TPSA) is 78.1 Å². The van der Waals surface area contributed by atoms with Crippen molar-refractivity contribution in [3.63, 3.8) is 0 Å². The first-order valence-corrected chi connectivity index (χ1v) is 4.74. The van der Waals surface area contributed by atoms with Gasteiger partial charge in [0.15, 0.2) is 0 Å². The van der Waals surface area contributed by atoms with Crippen LogP contribution in [0.25, 0.3) is 0 Å². The summed E-state index contributed by atoms with van der Waals surface area (Å²) >= 11 is 0. The number of nitrogens with zero attached hydrogens (tertiary/aromatic N) is 2. The molecule has 0 saturated carbocycles. The van der Waals surface area contributed by atoms with Crippen molar-refractivity contribution in [2.24, 2.45) is 11.7 Å². The molecule has 1 aromatic heterocycles. The van der Waals surface area contributed by atoms with Gasteiger partial charge < -0.3 is 10.5 Å². The van der Waals surface area contributed by atoms with Gasteiger partial charge in [0.25, 0.3) is 0 Å². The number of methoxy groups -OCH3 is 1. The van der Waals surface area contributed by atoms with E-state index in [0.29, 0.717) is 12.2 Å². The number of hydrogen-bond donors (Lipinski definition) is 1. The molecular weight excluding hydrogens is 230 g/mol. The number of hydrogen-bond acceptors (Lipinski definition) is 5. The molecule has 1 rings (SSSR count). The van der Waals surface area contributed by atoms with Crippen LogP contribution in [0.15, 0.2) is 18.5 Å². The number of aromatic nitrogens is 2. The van der Waals surface area contributed by atoms with Gasteiger partial charge in [-0.3, -0.25) is 4.79 Å². The van der Waals surface area contributed by atoms with E-state index in [-0.39, 0.29) is 30.3 Å². The maximum absolute atomic E-state index is 11.2. The molecule has 6 heteroatoms. The van der Waals surface area contributed by atoms with Crippen LogP contribution in [-0.2, 0) is 16.0 Å². The van der Waals surface area contributed by atoms with Gasteiger partial charge in [0.05, 0.1) is 13.0 Å². The molecule has 90 valence electrons. The molecule has 0 aliphatic heterocycles. The summed E-state index contributed by atoms with van der Waals surface area (Å²) in [5.41, 5.74) is 5.84. The predicted octanol–water partition coefficient (Wildman–Crippen LogP) is 0.577. The summed E-state index contributed by atoms with van der Waals surface area (Å²) in [6.07, 6.45) is 3.77. The zero-order valence-corrected chi connectivity index (χ0v) is 10.1. The fraction of sp³-hybridized carbons (Fsp3) is 0.500. The highest BCUT2D eigenvalue weighted by atomic mass is 35.5. The van der Waals surface area contributed by atoms with Crippen molar-refractivity contribution >= 4 is 18.4 Å². The number of carbonyl (C=O) groups excluding carboxylic acids is 1. The van der Waals surface area contributed by atoms with Gasteiger partial charge in [-0.1, -0.05) is 6.92 Å². The Morgan fingerprint density at radius 2 is 2.06 bits per heavy atom. The molecular formula is C10H16ClN3O2. The van der Waals surface area contributed by atoms with Gasteiger partial charge >= 0.3 is 5.97 Å². The molecule has 1 aromatic rings. The van der Waals surface area contributed by atoms with Gasteiger partial charge in [-0.2, -0.15) is 0 Å². The van der Waals surface area contributed by atoms with Crippen molar-refractivity contribution in [2.45, 2.75) is 19.4 Å². The van der Waals surface area contributed by atoms with Gasteiger partial charge in [0.2, 0.25) is 0 Å². The van der Waals surface area contributed by atoms with E-state index in [1.54, 1.807) is 25.4 Å². The molecule has 0 aliphatic rings. The molecule has 0 aromatic carbocycles. The molecule has 2 N–H and O–H groups in total. The van der Waals surface area contributed by atoms with Crippen molar-refractivity contribution in [1.82, 2.24) is 9.97 Å². The predicted molar refractivity (Wildman–Crippen MR) is 62.1 cm³/mol. The van der Waals surface area contributed by atoms with Crippen LogP contribution in [0.2, 0.25) is 0 Å². The summed E-state index contributed by atoms with van der Waals surface area (Å²) in [6, 6.07) is 1.42. The van der Waals surface area contributed by atoms with Crippen LogP contribution in [0.5, 0.6) is 0 Å². The summed E-state index contributed by atoms with van der Waals surface area (Å²) in [6.45, 7) is 1.74. The zero-order valence-electron chi connectivity index (χ0n) is 9.29. The van der Waals surface area contributed by atoms with E-state index in [0.717, 1.165) is 0 Å². The third-order valence-electron chi connectivity index (χ3n) is 2.25. The molecule has 5 nitrogen and oxygen atoms in total. The monoisotopic (exact) mass is 245 g/mol. The molecule has 0 bridgehead atoms. The highest BCUT2D eigenvalue weighted by Gasteiger charge is 2.22. The Balaban J connectivity index is 0.00000225. The van der Waals surface area contributed by atoms with E-state index >= 15 is 0 Å². The van der Waals surface area contributed by atoms with E-state index in [1.165, 1.54) is 7.11 Å². The van der Waals surface area contributed by atoms with Crippen LogP contribution in [0.4, 0.5) is 0 Å². The number of carbonyl (C=O) groups is 1. The SMILES string of the molecule is COC(=O)C(C)C(N)Cc1ncccn1.Cl.